The highest BCUT2D eigenvalue weighted by molar-refractivity contribution is 7.90. The number of carboxylic acid groups (broad SMARTS) is 1. The molecule has 0 aliphatic rings. The number of carboxylic acids is 1. The van der Waals surface area contributed by atoms with Gasteiger partial charge in [0, 0.05) is 11.8 Å². The molecule has 1 aromatic heterocycles. The zero-order chi connectivity index (χ0) is 20.2. The first-order valence-corrected chi connectivity index (χ1v) is 9.85. The Morgan fingerprint density at radius 2 is 1.89 bits per heavy atom. The van der Waals surface area contributed by atoms with Crippen molar-refractivity contribution in [2.24, 2.45) is 0 Å². The molecule has 140 valence electrons. The molecule has 2 aromatic rings. The minimum absolute atomic E-state index is 0.0603. The monoisotopic (exact) mass is 385 g/mol. The molecular formula is C20H19NO5S. The van der Waals surface area contributed by atoms with Crippen LogP contribution in [0, 0.1) is 12.3 Å². The molecular weight excluding hydrogens is 366 g/mol. The average molecular weight is 385 g/mol. The number of carbonyl (C=O) groups is 1. The summed E-state index contributed by atoms with van der Waals surface area (Å²) in [7, 11) is -3.32. The lowest BCUT2D eigenvalue weighted by Gasteiger charge is -2.03. The number of rotatable bonds is 6. The van der Waals surface area contributed by atoms with Gasteiger partial charge in [0.05, 0.1) is 4.90 Å². The molecule has 0 atom stereocenters. The van der Waals surface area contributed by atoms with E-state index in [-0.39, 0.29) is 17.2 Å². The van der Waals surface area contributed by atoms with Crippen LogP contribution in [-0.2, 0) is 21.1 Å². The van der Waals surface area contributed by atoms with Crippen LogP contribution in [0.2, 0.25) is 0 Å². The van der Waals surface area contributed by atoms with Crippen LogP contribution in [0.1, 0.15) is 25.4 Å². The molecule has 2 rings (SSSR count). The fraction of sp³-hybridized carbons (Fsp3) is 0.200. The summed E-state index contributed by atoms with van der Waals surface area (Å²) < 4.78 is 28.9. The molecule has 1 heterocycles. The number of benzene rings is 1. The lowest BCUT2D eigenvalue weighted by molar-refractivity contribution is -0.136. The lowest BCUT2D eigenvalue weighted by Crippen LogP contribution is -2.00. The van der Waals surface area contributed by atoms with Crippen LogP contribution in [0.3, 0.4) is 0 Å². The van der Waals surface area contributed by atoms with Gasteiger partial charge in [-0.1, -0.05) is 18.1 Å². The van der Waals surface area contributed by atoms with Crippen LogP contribution in [0.5, 0.6) is 0 Å². The maximum atomic E-state index is 11.6. The van der Waals surface area contributed by atoms with E-state index in [0.29, 0.717) is 17.0 Å². The molecule has 0 bridgehead atoms. The van der Waals surface area contributed by atoms with Crippen molar-refractivity contribution < 1.29 is 22.7 Å². The second-order valence-electron chi connectivity index (χ2n) is 6.00. The number of aromatic nitrogens is 1. The predicted molar refractivity (Wildman–Crippen MR) is 103 cm³/mol. The summed E-state index contributed by atoms with van der Waals surface area (Å²) in [6.45, 7) is 3.59. The number of oxazole rings is 1. The van der Waals surface area contributed by atoms with Gasteiger partial charge in [-0.2, -0.15) is 0 Å². The number of nitrogens with zero attached hydrogens (tertiary/aromatic N) is 1. The van der Waals surface area contributed by atoms with E-state index < -0.39 is 15.8 Å². The minimum Gasteiger partial charge on any atom is -0.481 e. The molecule has 0 aliphatic heterocycles. The van der Waals surface area contributed by atoms with Gasteiger partial charge in [-0.05, 0) is 49.3 Å². The van der Waals surface area contributed by atoms with Crippen molar-refractivity contribution >= 4 is 21.4 Å². The van der Waals surface area contributed by atoms with E-state index in [1.54, 1.807) is 38.1 Å². The molecule has 1 aromatic carbocycles. The maximum absolute atomic E-state index is 11.6. The molecule has 0 radical (unpaired) electrons. The Bertz CT molecular complexity index is 1060. The van der Waals surface area contributed by atoms with Crippen molar-refractivity contribution in [3.63, 3.8) is 0 Å². The minimum atomic E-state index is -3.32. The molecule has 0 saturated carbocycles. The fourth-order valence-electron chi connectivity index (χ4n) is 2.26. The van der Waals surface area contributed by atoms with Crippen LogP contribution >= 0.6 is 0 Å². The second-order valence-corrected chi connectivity index (χ2v) is 8.01. The molecule has 0 amide bonds. The van der Waals surface area contributed by atoms with Crippen molar-refractivity contribution in [1.29, 1.82) is 0 Å². The number of terminal acetylenes is 1. The Morgan fingerprint density at radius 1 is 1.26 bits per heavy atom. The topological polar surface area (TPSA) is 97.5 Å². The number of hydrogen-bond donors (Lipinski definition) is 1. The van der Waals surface area contributed by atoms with E-state index in [1.165, 1.54) is 12.1 Å². The quantitative estimate of drug-likeness (QED) is 0.605. The van der Waals surface area contributed by atoms with Crippen molar-refractivity contribution in [3.8, 4) is 23.7 Å². The van der Waals surface area contributed by atoms with Gasteiger partial charge in [0.1, 0.15) is 12.1 Å². The van der Waals surface area contributed by atoms with Gasteiger partial charge in [-0.3, -0.25) is 4.79 Å². The summed E-state index contributed by atoms with van der Waals surface area (Å²) in [4.78, 5) is 15.5. The second kappa shape index (κ2) is 8.06. The maximum Gasteiger partial charge on any atom is 0.312 e. The Morgan fingerprint density at radius 3 is 2.41 bits per heavy atom. The van der Waals surface area contributed by atoms with Crippen molar-refractivity contribution in [2.75, 3.05) is 6.26 Å². The Hall–Kier alpha value is -3.11. The number of hydrogen-bond acceptors (Lipinski definition) is 5. The molecule has 0 saturated heterocycles. The van der Waals surface area contributed by atoms with Gasteiger partial charge >= 0.3 is 5.97 Å². The standard InChI is InChI=1S/C20H19NO5S/c1-5-13(2)6-7-14(3)19-20(26-17(21-19)12-18(22)23)15-8-10-16(11-9-15)27(4,24)25/h1,6-11H,12H2,2-4H3,(H,22,23)/b13-6-,14-7+. The van der Waals surface area contributed by atoms with E-state index in [9.17, 15) is 13.2 Å². The third-order valence-corrected chi connectivity index (χ3v) is 4.83. The van der Waals surface area contributed by atoms with E-state index in [4.69, 9.17) is 15.9 Å². The summed E-state index contributed by atoms with van der Waals surface area (Å²) in [6, 6.07) is 6.13. The smallest absolute Gasteiger partial charge is 0.312 e. The van der Waals surface area contributed by atoms with Gasteiger partial charge in [-0.15, -0.1) is 6.42 Å². The van der Waals surface area contributed by atoms with Crippen LogP contribution in [0.4, 0.5) is 0 Å². The number of sulfone groups is 1. The molecule has 1 N–H and O–H groups in total. The first kappa shape index (κ1) is 20.2. The fourth-order valence-corrected chi connectivity index (χ4v) is 2.89. The summed E-state index contributed by atoms with van der Waals surface area (Å²) in [6.07, 6.45) is 9.61. The zero-order valence-corrected chi connectivity index (χ0v) is 16.0. The highest BCUT2D eigenvalue weighted by atomic mass is 32.2. The van der Waals surface area contributed by atoms with Crippen molar-refractivity contribution in [3.05, 3.63) is 53.6 Å². The molecule has 6 nitrogen and oxygen atoms in total. The van der Waals surface area contributed by atoms with E-state index in [0.717, 1.165) is 17.4 Å². The van der Waals surface area contributed by atoms with Gasteiger partial charge in [-0.25, -0.2) is 13.4 Å². The number of aliphatic carboxylic acids is 1. The SMILES string of the molecule is C#C/C(C)=C\C=C(/C)c1nc(CC(=O)O)oc1-c1ccc(S(C)(=O)=O)cc1. The van der Waals surface area contributed by atoms with Crippen molar-refractivity contribution in [2.45, 2.75) is 25.2 Å². The molecule has 0 unspecified atom stereocenters. The summed E-state index contributed by atoms with van der Waals surface area (Å²) in [5, 5.41) is 9.00. The van der Waals surface area contributed by atoms with Gasteiger partial charge in [0.2, 0.25) is 5.89 Å². The van der Waals surface area contributed by atoms with Crippen LogP contribution < -0.4 is 0 Å². The summed E-state index contributed by atoms with van der Waals surface area (Å²) in [5.74, 6) is 1.87. The average Bonchev–Trinajstić information content (AvgIpc) is 3.01. The summed E-state index contributed by atoms with van der Waals surface area (Å²) >= 11 is 0. The lowest BCUT2D eigenvalue weighted by atomic mass is 10.1. The number of allylic oxidation sites excluding steroid dienone is 4. The van der Waals surface area contributed by atoms with E-state index in [2.05, 4.69) is 10.9 Å². The predicted octanol–water partition coefficient (Wildman–Crippen LogP) is 3.36. The van der Waals surface area contributed by atoms with Crippen molar-refractivity contribution in [1.82, 2.24) is 4.98 Å². The normalized spacial score (nSPS) is 12.7. The Labute approximate surface area is 158 Å². The highest BCUT2D eigenvalue weighted by Gasteiger charge is 2.18. The van der Waals surface area contributed by atoms with E-state index in [1.807, 2.05) is 0 Å². The van der Waals surface area contributed by atoms with Gasteiger partial charge < -0.3 is 9.52 Å². The molecule has 0 aliphatic carbocycles. The molecule has 0 fully saturated rings. The molecule has 7 heteroatoms. The van der Waals surface area contributed by atoms with Crippen LogP contribution in [0.25, 0.3) is 16.9 Å². The first-order valence-electron chi connectivity index (χ1n) is 7.96. The molecule has 27 heavy (non-hydrogen) atoms. The zero-order valence-electron chi connectivity index (χ0n) is 15.2. The van der Waals surface area contributed by atoms with Gasteiger partial charge in [0.15, 0.2) is 15.6 Å². The summed E-state index contributed by atoms with van der Waals surface area (Å²) in [5.41, 5.74) is 2.52. The first-order chi connectivity index (χ1) is 12.6. The van der Waals surface area contributed by atoms with E-state index >= 15 is 0 Å². The third kappa shape index (κ3) is 5.19. The largest absolute Gasteiger partial charge is 0.481 e. The molecule has 0 spiro atoms. The Kier molecular flexibility index (Phi) is 6.03. The Balaban J connectivity index is 2.55. The van der Waals surface area contributed by atoms with Gasteiger partial charge in [0.25, 0.3) is 0 Å². The van der Waals surface area contributed by atoms with Crippen LogP contribution in [-0.4, -0.2) is 30.7 Å². The highest BCUT2D eigenvalue weighted by Crippen LogP contribution is 2.31. The third-order valence-electron chi connectivity index (χ3n) is 3.70. The van der Waals surface area contributed by atoms with Crippen LogP contribution in [0.15, 0.2) is 51.3 Å².